The molecule has 5 aromatic carbocycles. The number of nitrogens with zero attached hydrogens (tertiary/aromatic N) is 1. The zero-order valence-electron chi connectivity index (χ0n) is 20.7. The average Bonchev–Trinajstić information content (AvgIpc) is 3.38. The molecule has 0 fully saturated rings. The highest BCUT2D eigenvalue weighted by atomic mass is 79.9. The van der Waals surface area contributed by atoms with Crippen LogP contribution in [0, 0.1) is 11.8 Å². The Morgan fingerprint density at radius 3 is 2.14 bits per heavy atom. The first-order valence-electron chi connectivity index (χ1n) is 12.6. The van der Waals surface area contributed by atoms with Gasteiger partial charge in [-0.15, -0.1) is 0 Å². The quantitative estimate of drug-likeness (QED) is 0.184. The van der Waals surface area contributed by atoms with Crippen molar-refractivity contribution < 1.29 is 0 Å². The predicted octanol–water partition coefficient (Wildman–Crippen LogP) is 9.25. The lowest BCUT2D eigenvalue weighted by Crippen LogP contribution is -2.16. The summed E-state index contributed by atoms with van der Waals surface area (Å²) in [5, 5.41) is 2.59. The molecule has 0 atom stereocenters. The zero-order valence-corrected chi connectivity index (χ0v) is 22.3. The highest BCUT2D eigenvalue weighted by Crippen LogP contribution is 2.53. The Hall–Kier alpha value is -4.06. The third kappa shape index (κ3) is 3.39. The Morgan fingerprint density at radius 1 is 0.649 bits per heavy atom. The number of hydrogen-bond acceptors (Lipinski definition) is 0. The van der Waals surface area contributed by atoms with Crippen LogP contribution in [0.2, 0.25) is 0 Å². The van der Waals surface area contributed by atoms with Gasteiger partial charge in [-0.1, -0.05) is 96.2 Å². The lowest BCUT2D eigenvalue weighted by Gasteiger charge is -2.24. The monoisotopic (exact) mass is 537 g/mol. The molecule has 0 saturated heterocycles. The molecular formula is C35H24BrN. The molecule has 0 spiro atoms. The summed E-state index contributed by atoms with van der Waals surface area (Å²) in [7, 11) is 0. The van der Waals surface area contributed by atoms with Crippen molar-refractivity contribution in [2.75, 3.05) is 0 Å². The molecule has 1 aromatic heterocycles. The number of halogens is 1. The van der Waals surface area contributed by atoms with E-state index in [4.69, 9.17) is 0 Å². The minimum Gasteiger partial charge on any atom is -0.309 e. The summed E-state index contributed by atoms with van der Waals surface area (Å²) in [5.74, 6) is 6.73. The van der Waals surface area contributed by atoms with Crippen LogP contribution in [0.4, 0.5) is 0 Å². The number of fused-ring (bicyclic) bond motifs is 7. The van der Waals surface area contributed by atoms with Gasteiger partial charge in [0.1, 0.15) is 0 Å². The van der Waals surface area contributed by atoms with Crippen molar-refractivity contribution in [3.8, 4) is 28.7 Å². The molecule has 1 nitrogen and oxygen atoms in total. The lowest BCUT2D eigenvalue weighted by atomic mass is 9.81. The van der Waals surface area contributed by atoms with Gasteiger partial charge in [0, 0.05) is 37.5 Å². The largest absolute Gasteiger partial charge is 0.309 e. The molecule has 7 rings (SSSR count). The number of aromatic nitrogens is 1. The molecule has 1 heterocycles. The van der Waals surface area contributed by atoms with Gasteiger partial charge in [-0.3, -0.25) is 0 Å². The number of hydrogen-bond donors (Lipinski definition) is 0. The maximum Gasteiger partial charge on any atom is 0.0588 e. The molecule has 6 aromatic rings. The smallest absolute Gasteiger partial charge is 0.0588 e. The zero-order chi connectivity index (χ0) is 25.1. The second-order valence-corrected chi connectivity index (χ2v) is 11.1. The van der Waals surface area contributed by atoms with E-state index in [1.807, 2.05) is 24.3 Å². The van der Waals surface area contributed by atoms with Crippen molar-refractivity contribution in [3.05, 3.63) is 136 Å². The van der Waals surface area contributed by atoms with Gasteiger partial charge in [0.05, 0.1) is 11.0 Å². The fourth-order valence-electron chi connectivity index (χ4n) is 5.95. The summed E-state index contributed by atoms with van der Waals surface area (Å²) in [4.78, 5) is 0. The van der Waals surface area contributed by atoms with Crippen LogP contribution in [0.3, 0.4) is 0 Å². The van der Waals surface area contributed by atoms with E-state index >= 15 is 0 Å². The Balaban J connectivity index is 1.46. The van der Waals surface area contributed by atoms with Crippen LogP contribution >= 0.6 is 15.9 Å². The Morgan fingerprint density at radius 2 is 1.32 bits per heavy atom. The number of para-hydroxylation sites is 2. The van der Waals surface area contributed by atoms with E-state index in [9.17, 15) is 0 Å². The van der Waals surface area contributed by atoms with Crippen LogP contribution in [0.1, 0.15) is 36.1 Å². The molecule has 1 aliphatic rings. The van der Waals surface area contributed by atoms with Gasteiger partial charge in [0.2, 0.25) is 0 Å². The van der Waals surface area contributed by atoms with E-state index < -0.39 is 0 Å². The molecule has 0 amide bonds. The first-order valence-corrected chi connectivity index (χ1v) is 13.4. The maximum atomic E-state index is 3.50. The maximum absolute atomic E-state index is 3.50. The molecule has 0 saturated carbocycles. The van der Waals surface area contributed by atoms with E-state index in [0.29, 0.717) is 0 Å². The first kappa shape index (κ1) is 22.2. The van der Waals surface area contributed by atoms with Crippen molar-refractivity contribution in [2.24, 2.45) is 0 Å². The van der Waals surface area contributed by atoms with Gasteiger partial charge >= 0.3 is 0 Å². The van der Waals surface area contributed by atoms with Crippen molar-refractivity contribution in [3.63, 3.8) is 0 Å². The van der Waals surface area contributed by atoms with Gasteiger partial charge in [-0.25, -0.2) is 0 Å². The highest BCUT2D eigenvalue weighted by molar-refractivity contribution is 9.10. The van der Waals surface area contributed by atoms with Gasteiger partial charge < -0.3 is 4.57 Å². The van der Waals surface area contributed by atoms with Crippen LogP contribution in [-0.4, -0.2) is 4.57 Å². The normalized spacial score (nSPS) is 13.3. The average molecular weight is 538 g/mol. The molecule has 0 radical (unpaired) electrons. The Kier molecular flexibility index (Phi) is 4.93. The van der Waals surface area contributed by atoms with Gasteiger partial charge in [0.15, 0.2) is 0 Å². The fraction of sp³-hybridized carbons (Fsp3) is 0.0857. The number of benzene rings is 5. The lowest BCUT2D eigenvalue weighted by molar-refractivity contribution is 0.663. The van der Waals surface area contributed by atoms with Gasteiger partial charge in [-0.05, 0) is 76.9 Å². The molecule has 2 heteroatoms. The second-order valence-electron chi connectivity index (χ2n) is 10.2. The van der Waals surface area contributed by atoms with E-state index in [-0.39, 0.29) is 5.41 Å². The fourth-order valence-corrected chi connectivity index (χ4v) is 6.21. The van der Waals surface area contributed by atoms with Gasteiger partial charge in [0.25, 0.3) is 0 Å². The summed E-state index contributed by atoms with van der Waals surface area (Å²) in [6.07, 6.45) is 0. The third-order valence-electron chi connectivity index (χ3n) is 7.65. The topological polar surface area (TPSA) is 4.93 Å². The first-order chi connectivity index (χ1) is 18.0. The number of rotatable bonds is 1. The van der Waals surface area contributed by atoms with Crippen LogP contribution in [0.25, 0.3) is 38.6 Å². The summed E-state index contributed by atoms with van der Waals surface area (Å²) < 4.78 is 3.51. The molecule has 1 aliphatic carbocycles. The standard InChI is InChI=1S/C35H24BrN/c1-35(2)31-22-24(13-12-23-14-17-25(36)18-15-23)16-19-27(31)29-20-21-30-28-10-6-7-11-32(28)37(34(30)33(29)35)26-8-4-3-5-9-26/h3-11,14-22H,1-2H3. The van der Waals surface area contributed by atoms with Crippen LogP contribution in [-0.2, 0) is 5.41 Å². The Bertz CT molecular complexity index is 1900. The van der Waals surface area contributed by atoms with E-state index in [0.717, 1.165) is 15.6 Å². The van der Waals surface area contributed by atoms with Crippen molar-refractivity contribution >= 4 is 37.7 Å². The van der Waals surface area contributed by atoms with E-state index in [1.165, 1.54) is 49.7 Å². The van der Waals surface area contributed by atoms with E-state index in [2.05, 4.69) is 131 Å². The molecule has 0 N–H and O–H groups in total. The van der Waals surface area contributed by atoms with Crippen LogP contribution in [0.5, 0.6) is 0 Å². The Labute approximate surface area is 225 Å². The molecular weight excluding hydrogens is 514 g/mol. The SMILES string of the molecule is CC1(C)c2cc(C#Cc3ccc(Br)cc3)ccc2-c2ccc3c4ccccc4n(-c4ccccc4)c3c21. The summed E-state index contributed by atoms with van der Waals surface area (Å²) >= 11 is 3.50. The molecule has 0 aliphatic heterocycles. The highest BCUT2D eigenvalue weighted by Gasteiger charge is 2.38. The summed E-state index contributed by atoms with van der Waals surface area (Å²) in [5.41, 5.74) is 11.0. The van der Waals surface area contributed by atoms with Crippen LogP contribution < -0.4 is 0 Å². The minimum atomic E-state index is -0.166. The van der Waals surface area contributed by atoms with E-state index in [1.54, 1.807) is 0 Å². The molecule has 0 unspecified atom stereocenters. The third-order valence-corrected chi connectivity index (χ3v) is 8.18. The van der Waals surface area contributed by atoms with Crippen LogP contribution in [0.15, 0.2) is 114 Å². The van der Waals surface area contributed by atoms with Crippen molar-refractivity contribution in [2.45, 2.75) is 19.3 Å². The second kappa shape index (κ2) is 8.23. The molecule has 176 valence electrons. The summed E-state index contributed by atoms with van der Waals surface area (Å²) in [6, 6.07) is 39.0. The summed E-state index contributed by atoms with van der Waals surface area (Å²) in [6.45, 7) is 4.71. The molecule has 37 heavy (non-hydrogen) atoms. The predicted molar refractivity (Wildman–Crippen MR) is 158 cm³/mol. The minimum absolute atomic E-state index is 0.166. The van der Waals surface area contributed by atoms with Gasteiger partial charge in [-0.2, -0.15) is 0 Å². The molecule has 0 bridgehead atoms. The van der Waals surface area contributed by atoms with Crippen molar-refractivity contribution in [1.82, 2.24) is 4.57 Å². The van der Waals surface area contributed by atoms with Crippen molar-refractivity contribution in [1.29, 1.82) is 0 Å².